The van der Waals surface area contributed by atoms with Crippen molar-refractivity contribution in [1.29, 1.82) is 5.26 Å². The van der Waals surface area contributed by atoms with Crippen molar-refractivity contribution in [3.63, 3.8) is 0 Å². The van der Waals surface area contributed by atoms with Crippen molar-refractivity contribution < 1.29 is 8.84 Å². The van der Waals surface area contributed by atoms with E-state index >= 15 is 0 Å². The number of hydrogen-bond donors (Lipinski definition) is 0. The van der Waals surface area contributed by atoms with Crippen LogP contribution in [0, 0.1) is 11.3 Å². The van der Waals surface area contributed by atoms with Gasteiger partial charge in [-0.15, -0.1) is 0 Å². The molecular weight excluding hydrogens is 194 g/mol. The maximum Gasteiger partial charge on any atom is 0.200 e. The molecule has 0 aliphatic carbocycles. The fourth-order valence-electron chi connectivity index (χ4n) is 1.29. The van der Waals surface area contributed by atoms with Crippen molar-refractivity contribution in [3.8, 4) is 6.07 Å². The highest BCUT2D eigenvalue weighted by Crippen LogP contribution is 2.28. The second kappa shape index (κ2) is 3.60. The van der Waals surface area contributed by atoms with Crippen molar-refractivity contribution in [2.75, 3.05) is 0 Å². The summed E-state index contributed by atoms with van der Waals surface area (Å²) in [5, 5.41) is 9.11. The van der Waals surface area contributed by atoms with Gasteiger partial charge >= 0.3 is 0 Å². The maximum atomic E-state index is 9.11. The molecule has 76 valence electrons. The fraction of sp³-hybridized carbons (Fsp3) is 0.500. The molecule has 0 saturated carbocycles. The number of rotatable bonds is 3. The van der Waals surface area contributed by atoms with Gasteiger partial charge in [-0.1, -0.05) is 0 Å². The molecule has 0 fully saturated rings. The summed E-state index contributed by atoms with van der Waals surface area (Å²) in [6.45, 7) is 7.88. The van der Waals surface area contributed by atoms with Gasteiger partial charge in [0.05, 0.1) is 6.26 Å². The van der Waals surface area contributed by atoms with Crippen LogP contribution in [0.5, 0.6) is 0 Å². The zero-order chi connectivity index (χ0) is 10.8. The topological polar surface area (TPSA) is 46.2 Å². The largest absolute Gasteiger partial charge is 0.465 e. The molecule has 0 saturated heterocycles. The van der Waals surface area contributed by atoms with Crippen molar-refractivity contribution in [2.24, 2.45) is 0 Å². The van der Waals surface area contributed by atoms with Gasteiger partial charge in [0.25, 0.3) is 0 Å². The summed E-state index contributed by atoms with van der Waals surface area (Å²) in [6, 6.07) is 5.69. The lowest BCUT2D eigenvalue weighted by Gasteiger charge is -2.28. The first-order valence-electron chi connectivity index (χ1n) is 4.53. The molecule has 4 heteroatoms. The molecule has 1 heterocycles. The predicted molar refractivity (Wildman–Crippen MR) is 56.1 cm³/mol. The Morgan fingerprint density at radius 2 is 2.14 bits per heavy atom. The zero-order valence-electron chi connectivity index (χ0n) is 9.00. The Bertz CT molecular complexity index is 334. The van der Waals surface area contributed by atoms with Crippen LogP contribution >= 0.6 is 0 Å². The Morgan fingerprint density at radius 1 is 1.50 bits per heavy atom. The molecular formula is C10H15NO2Si. The molecule has 1 aromatic heterocycles. The maximum absolute atomic E-state index is 9.11. The first kappa shape index (κ1) is 11.0. The van der Waals surface area contributed by atoms with Crippen molar-refractivity contribution >= 4 is 8.32 Å². The van der Waals surface area contributed by atoms with E-state index in [1.54, 1.807) is 25.3 Å². The number of nitriles is 1. The zero-order valence-corrected chi connectivity index (χ0v) is 10.00. The van der Waals surface area contributed by atoms with E-state index in [0.29, 0.717) is 5.76 Å². The highest BCUT2D eigenvalue weighted by Gasteiger charge is 2.35. The van der Waals surface area contributed by atoms with Gasteiger partial charge in [-0.2, -0.15) is 5.26 Å². The number of nitrogens with zero attached hydrogens (tertiary/aromatic N) is 1. The molecule has 1 atom stereocenters. The third-order valence-electron chi connectivity index (χ3n) is 1.72. The van der Waals surface area contributed by atoms with E-state index in [1.165, 1.54) is 0 Å². The normalized spacial score (nSPS) is 15.9. The van der Waals surface area contributed by atoms with Crippen molar-refractivity contribution in [2.45, 2.75) is 32.2 Å². The molecule has 14 heavy (non-hydrogen) atoms. The van der Waals surface area contributed by atoms with Gasteiger partial charge < -0.3 is 8.84 Å². The van der Waals surface area contributed by atoms with Gasteiger partial charge in [0.1, 0.15) is 11.8 Å². The molecule has 0 radical (unpaired) electrons. The quantitative estimate of drug-likeness (QED) is 0.719. The minimum absolute atomic E-state index is 0.572. The summed E-state index contributed by atoms with van der Waals surface area (Å²) in [5.74, 6) is 0.572. The van der Waals surface area contributed by atoms with Crippen LogP contribution in [0.1, 0.15) is 12.7 Å². The molecule has 0 aliphatic rings. The Balaban J connectivity index is 2.95. The van der Waals surface area contributed by atoms with Gasteiger partial charge in [0.15, 0.2) is 13.9 Å². The standard InChI is InChI=1S/C10H15NO2Si/c1-10(8-11,13-14(2,3)4)9-6-5-7-12-9/h5-7H,1-4H3. The molecule has 3 nitrogen and oxygen atoms in total. The lowest BCUT2D eigenvalue weighted by Crippen LogP contribution is -2.37. The first-order valence-corrected chi connectivity index (χ1v) is 7.94. The molecule has 1 unspecified atom stereocenters. The third-order valence-corrected chi connectivity index (χ3v) is 2.74. The van der Waals surface area contributed by atoms with E-state index in [4.69, 9.17) is 14.1 Å². The highest BCUT2D eigenvalue weighted by molar-refractivity contribution is 6.69. The Labute approximate surface area is 85.4 Å². The molecule has 1 rings (SSSR count). The van der Waals surface area contributed by atoms with Crippen LogP contribution in [0.25, 0.3) is 0 Å². The molecule has 0 amide bonds. The molecule has 0 aromatic carbocycles. The lowest BCUT2D eigenvalue weighted by atomic mass is 10.1. The van der Waals surface area contributed by atoms with E-state index in [2.05, 4.69) is 6.07 Å². The Hall–Kier alpha value is -1.05. The smallest absolute Gasteiger partial charge is 0.200 e. The third kappa shape index (κ3) is 2.47. The van der Waals surface area contributed by atoms with Crippen LogP contribution in [-0.4, -0.2) is 8.32 Å². The van der Waals surface area contributed by atoms with Gasteiger partial charge in [-0.3, -0.25) is 0 Å². The van der Waals surface area contributed by atoms with E-state index < -0.39 is 13.9 Å². The van der Waals surface area contributed by atoms with E-state index in [1.807, 2.05) is 19.6 Å². The molecule has 0 spiro atoms. The van der Waals surface area contributed by atoms with E-state index in [9.17, 15) is 0 Å². The number of hydrogen-bond acceptors (Lipinski definition) is 3. The average Bonchev–Trinajstić information content (AvgIpc) is 2.53. The minimum atomic E-state index is -1.75. The summed E-state index contributed by atoms with van der Waals surface area (Å²) in [7, 11) is -1.75. The molecule has 0 bridgehead atoms. The summed E-state index contributed by atoms with van der Waals surface area (Å²) in [5.41, 5.74) is -0.950. The predicted octanol–water partition coefficient (Wildman–Crippen LogP) is 2.87. The first-order chi connectivity index (χ1) is 6.37. The summed E-state index contributed by atoms with van der Waals surface area (Å²) < 4.78 is 11.0. The number of furan rings is 1. The monoisotopic (exact) mass is 209 g/mol. The SMILES string of the molecule is CC(C#N)(O[Si](C)(C)C)c1ccco1. The molecule has 1 aromatic rings. The van der Waals surface area contributed by atoms with Gasteiger partial charge in [-0.25, -0.2) is 0 Å². The van der Waals surface area contributed by atoms with E-state index in [0.717, 1.165) is 0 Å². The van der Waals surface area contributed by atoms with Gasteiger partial charge in [-0.05, 0) is 38.7 Å². The molecule has 0 N–H and O–H groups in total. The Kier molecular flexibility index (Phi) is 2.83. The summed E-state index contributed by atoms with van der Waals surface area (Å²) in [6.07, 6.45) is 1.55. The summed E-state index contributed by atoms with van der Waals surface area (Å²) >= 11 is 0. The van der Waals surface area contributed by atoms with Crippen molar-refractivity contribution in [1.82, 2.24) is 0 Å². The fourth-order valence-corrected chi connectivity index (χ4v) is 2.66. The summed E-state index contributed by atoms with van der Waals surface area (Å²) in [4.78, 5) is 0. The van der Waals surface area contributed by atoms with Gasteiger partial charge in [0, 0.05) is 0 Å². The van der Waals surface area contributed by atoms with Crippen LogP contribution in [0.3, 0.4) is 0 Å². The Morgan fingerprint density at radius 3 is 2.50 bits per heavy atom. The second-order valence-corrected chi connectivity index (χ2v) is 8.77. The van der Waals surface area contributed by atoms with Crippen molar-refractivity contribution in [3.05, 3.63) is 24.2 Å². The highest BCUT2D eigenvalue weighted by atomic mass is 28.4. The van der Waals surface area contributed by atoms with E-state index in [-0.39, 0.29) is 0 Å². The lowest BCUT2D eigenvalue weighted by molar-refractivity contribution is 0.113. The van der Waals surface area contributed by atoms with Crippen LogP contribution < -0.4 is 0 Å². The van der Waals surface area contributed by atoms with Crippen LogP contribution in [0.4, 0.5) is 0 Å². The second-order valence-electron chi connectivity index (χ2n) is 4.34. The minimum Gasteiger partial charge on any atom is -0.465 e. The van der Waals surface area contributed by atoms with Crippen LogP contribution in [0.2, 0.25) is 19.6 Å². The average molecular weight is 209 g/mol. The van der Waals surface area contributed by atoms with Crippen LogP contribution in [0.15, 0.2) is 22.8 Å². The molecule has 0 aliphatic heterocycles. The van der Waals surface area contributed by atoms with Crippen LogP contribution in [-0.2, 0) is 10.0 Å². The van der Waals surface area contributed by atoms with Gasteiger partial charge in [0.2, 0.25) is 0 Å².